The molecule has 1 aliphatic heterocycles. The van der Waals surface area contributed by atoms with Crippen molar-refractivity contribution in [2.24, 2.45) is 11.7 Å². The second-order valence-corrected chi connectivity index (χ2v) is 11.1. The number of rotatable bonds is 10. The van der Waals surface area contributed by atoms with Gasteiger partial charge in [-0.05, 0) is 51.5 Å². The largest absolute Gasteiger partial charge is 0.508 e. The highest BCUT2D eigenvalue weighted by atomic mass is 32.2. The van der Waals surface area contributed by atoms with Crippen molar-refractivity contribution in [2.75, 3.05) is 18.8 Å². The summed E-state index contributed by atoms with van der Waals surface area (Å²) < 4.78 is 27.2. The predicted octanol–water partition coefficient (Wildman–Crippen LogP) is 1.39. The Hall–Kier alpha value is -2.92. The fourth-order valence-corrected chi connectivity index (χ4v) is 5.35. The van der Waals surface area contributed by atoms with E-state index in [1.165, 1.54) is 11.8 Å². The van der Waals surface area contributed by atoms with Gasteiger partial charge in [0.15, 0.2) is 0 Å². The van der Waals surface area contributed by atoms with Gasteiger partial charge in [0.05, 0.1) is 11.3 Å². The minimum absolute atomic E-state index is 0.0846. The van der Waals surface area contributed by atoms with Crippen LogP contribution < -0.4 is 15.8 Å². The maximum atomic E-state index is 13.5. The molecular formula is C24H35N5O5S. The molecule has 0 radical (unpaired) electrons. The minimum atomic E-state index is -3.63. The molecule has 3 aliphatic rings. The second-order valence-electron chi connectivity index (χ2n) is 9.08. The van der Waals surface area contributed by atoms with Crippen LogP contribution in [0.4, 0.5) is 0 Å². The van der Waals surface area contributed by atoms with Crippen molar-refractivity contribution < 1.29 is 23.1 Å². The highest BCUT2D eigenvalue weighted by Crippen LogP contribution is 2.24. The van der Waals surface area contributed by atoms with Crippen molar-refractivity contribution >= 4 is 27.7 Å². The first-order chi connectivity index (χ1) is 16.6. The number of aliphatic hydroxyl groups is 1. The SMILES string of the molecule is CCS(=O)(=O)N[C@H](CC1=CC=CCC1)C(=O)N1CCC[C@H]1C(=O)NCC1C=C(O)C(C(=N)N)=CC1. The summed E-state index contributed by atoms with van der Waals surface area (Å²) in [4.78, 5) is 27.9. The fourth-order valence-electron chi connectivity index (χ4n) is 4.56. The van der Waals surface area contributed by atoms with Gasteiger partial charge >= 0.3 is 0 Å². The number of sulfonamides is 1. The zero-order valence-electron chi connectivity index (χ0n) is 20.0. The first kappa shape index (κ1) is 26.7. The van der Waals surface area contributed by atoms with Gasteiger partial charge in [-0.25, -0.2) is 13.1 Å². The second kappa shape index (κ2) is 11.7. The molecular weight excluding hydrogens is 470 g/mol. The lowest BCUT2D eigenvalue weighted by Gasteiger charge is -2.29. The molecule has 1 saturated heterocycles. The van der Waals surface area contributed by atoms with Crippen molar-refractivity contribution in [3.8, 4) is 0 Å². The molecule has 1 heterocycles. The summed E-state index contributed by atoms with van der Waals surface area (Å²) in [6.07, 6.45) is 12.6. The van der Waals surface area contributed by atoms with E-state index in [0.717, 1.165) is 18.4 Å². The molecule has 0 aromatic heterocycles. The van der Waals surface area contributed by atoms with Gasteiger partial charge in [-0.1, -0.05) is 29.9 Å². The maximum absolute atomic E-state index is 13.5. The Kier molecular flexibility index (Phi) is 8.90. The highest BCUT2D eigenvalue weighted by Gasteiger charge is 2.38. The topological polar surface area (TPSA) is 166 Å². The molecule has 1 unspecified atom stereocenters. The van der Waals surface area contributed by atoms with Gasteiger partial charge in [0, 0.05) is 19.0 Å². The molecule has 192 valence electrons. The van der Waals surface area contributed by atoms with Gasteiger partial charge in [-0.15, -0.1) is 0 Å². The number of nitrogens with two attached hydrogens (primary N) is 1. The van der Waals surface area contributed by atoms with Gasteiger partial charge in [-0.3, -0.25) is 15.0 Å². The van der Waals surface area contributed by atoms with E-state index in [2.05, 4.69) is 10.0 Å². The number of nitrogens with one attached hydrogen (secondary N) is 3. The van der Waals surface area contributed by atoms with Crippen LogP contribution in [0.2, 0.25) is 0 Å². The summed E-state index contributed by atoms with van der Waals surface area (Å²) in [5.41, 5.74) is 6.71. The van der Waals surface area contributed by atoms with E-state index >= 15 is 0 Å². The molecule has 3 atom stereocenters. The third-order valence-electron chi connectivity index (χ3n) is 6.53. The van der Waals surface area contributed by atoms with Crippen LogP contribution in [0.25, 0.3) is 0 Å². The smallest absolute Gasteiger partial charge is 0.242 e. The van der Waals surface area contributed by atoms with Crippen molar-refractivity contribution in [3.63, 3.8) is 0 Å². The van der Waals surface area contributed by atoms with Crippen LogP contribution in [0, 0.1) is 11.3 Å². The summed E-state index contributed by atoms with van der Waals surface area (Å²) in [6.45, 7) is 2.16. The molecule has 35 heavy (non-hydrogen) atoms. The predicted molar refractivity (Wildman–Crippen MR) is 134 cm³/mol. The van der Waals surface area contributed by atoms with Gasteiger partial charge in [0.25, 0.3) is 0 Å². The van der Waals surface area contributed by atoms with Gasteiger partial charge < -0.3 is 21.1 Å². The Balaban J connectivity index is 1.66. The number of hydrogen-bond acceptors (Lipinski definition) is 6. The number of likely N-dealkylation sites (tertiary alicyclic amines) is 1. The van der Waals surface area contributed by atoms with Crippen molar-refractivity contribution in [1.82, 2.24) is 14.9 Å². The Bertz CT molecular complexity index is 1080. The summed E-state index contributed by atoms with van der Waals surface area (Å²) >= 11 is 0. The fraction of sp³-hybridized carbons (Fsp3) is 0.542. The van der Waals surface area contributed by atoms with Gasteiger partial charge in [-0.2, -0.15) is 0 Å². The minimum Gasteiger partial charge on any atom is -0.508 e. The van der Waals surface area contributed by atoms with Crippen molar-refractivity contribution in [2.45, 2.75) is 57.5 Å². The van der Waals surface area contributed by atoms with Crippen LogP contribution in [0.3, 0.4) is 0 Å². The standard InChI is InChI=1S/C24H35N5O5S/c1-2-35(33,34)28-19(13-16-7-4-3-5-8-16)24(32)29-12-6-9-20(29)23(31)27-15-17-10-11-18(22(25)26)21(30)14-17/h3-4,7,11,14,17,19-20,28,30H,2,5-6,8-10,12-13,15H2,1H3,(H3,25,26)(H,27,31)/t17?,19-,20+/m1/s1. The molecule has 1 fully saturated rings. The zero-order valence-corrected chi connectivity index (χ0v) is 20.8. The number of amides is 2. The summed E-state index contributed by atoms with van der Waals surface area (Å²) in [5, 5.41) is 20.4. The molecule has 0 bridgehead atoms. The van der Waals surface area contributed by atoms with Gasteiger partial charge in [0.1, 0.15) is 23.7 Å². The number of nitrogens with zero attached hydrogens (tertiary/aromatic N) is 1. The number of amidine groups is 1. The lowest BCUT2D eigenvalue weighted by atomic mass is 9.94. The molecule has 11 heteroatoms. The molecule has 10 nitrogen and oxygen atoms in total. The van der Waals surface area contributed by atoms with E-state index < -0.39 is 22.1 Å². The Morgan fingerprint density at radius 2 is 2.14 bits per heavy atom. The zero-order chi connectivity index (χ0) is 25.6. The third-order valence-corrected chi connectivity index (χ3v) is 7.93. The van der Waals surface area contributed by atoms with E-state index in [9.17, 15) is 23.1 Å². The molecule has 0 aromatic rings. The number of allylic oxidation sites excluding steroid dienone is 4. The quantitative estimate of drug-likeness (QED) is 0.222. The Labute approximate surface area is 206 Å². The van der Waals surface area contributed by atoms with Crippen LogP contribution >= 0.6 is 0 Å². The molecule has 2 aliphatic carbocycles. The maximum Gasteiger partial charge on any atom is 0.242 e. The van der Waals surface area contributed by atoms with Crippen molar-refractivity contribution in [1.29, 1.82) is 5.41 Å². The number of aliphatic hydroxyl groups excluding tert-OH is 1. The number of carbonyl (C=O) groups is 2. The average molecular weight is 506 g/mol. The van der Waals surface area contributed by atoms with E-state index in [1.807, 2.05) is 18.2 Å². The van der Waals surface area contributed by atoms with Crippen LogP contribution in [0.15, 0.2) is 47.3 Å². The van der Waals surface area contributed by atoms with E-state index in [-0.39, 0.29) is 53.6 Å². The molecule has 6 N–H and O–H groups in total. The lowest BCUT2D eigenvalue weighted by molar-refractivity contribution is -0.139. The summed E-state index contributed by atoms with van der Waals surface area (Å²) in [6, 6.07) is -1.64. The normalized spacial score (nSPS) is 23.2. The molecule has 0 saturated carbocycles. The summed E-state index contributed by atoms with van der Waals surface area (Å²) in [7, 11) is -3.63. The Morgan fingerprint density at radius 1 is 1.37 bits per heavy atom. The number of hydrogen-bond donors (Lipinski definition) is 5. The van der Waals surface area contributed by atoms with Crippen molar-refractivity contribution in [3.05, 3.63) is 47.3 Å². The van der Waals surface area contributed by atoms with E-state index in [0.29, 0.717) is 25.8 Å². The molecule has 0 spiro atoms. The first-order valence-corrected chi connectivity index (χ1v) is 13.6. The van der Waals surface area contributed by atoms with Crippen LogP contribution in [0.1, 0.15) is 45.4 Å². The molecule has 2 amide bonds. The van der Waals surface area contributed by atoms with E-state index in [1.54, 1.807) is 12.2 Å². The van der Waals surface area contributed by atoms with E-state index in [4.69, 9.17) is 11.1 Å². The monoisotopic (exact) mass is 505 g/mol. The third kappa shape index (κ3) is 7.04. The van der Waals surface area contributed by atoms with Crippen LogP contribution in [0.5, 0.6) is 0 Å². The van der Waals surface area contributed by atoms with Crippen LogP contribution in [-0.2, 0) is 19.6 Å². The average Bonchev–Trinajstić information content (AvgIpc) is 3.32. The molecule has 0 aromatic carbocycles. The first-order valence-electron chi connectivity index (χ1n) is 12.0. The Morgan fingerprint density at radius 3 is 2.77 bits per heavy atom. The summed E-state index contributed by atoms with van der Waals surface area (Å²) in [5.74, 6) is -1.29. The highest BCUT2D eigenvalue weighted by molar-refractivity contribution is 7.89. The van der Waals surface area contributed by atoms with Crippen LogP contribution in [-0.4, -0.2) is 67.0 Å². The molecule has 3 rings (SSSR count). The number of carbonyl (C=O) groups excluding carboxylic acids is 2. The lowest BCUT2D eigenvalue weighted by Crippen LogP contribution is -2.54. The van der Waals surface area contributed by atoms with Gasteiger partial charge in [0.2, 0.25) is 21.8 Å².